The third-order valence-electron chi connectivity index (χ3n) is 2.03. The molecule has 0 aromatic carbocycles. The zero-order chi connectivity index (χ0) is 8.97. The van der Waals surface area contributed by atoms with E-state index in [0.717, 1.165) is 0 Å². The van der Waals surface area contributed by atoms with Crippen LogP contribution in [-0.2, 0) is 9.47 Å². The first kappa shape index (κ1) is 9.92. The lowest BCUT2D eigenvalue weighted by Crippen LogP contribution is -2.46. The monoisotopic (exact) mass is 175 g/mol. The Morgan fingerprint density at radius 1 is 1.75 bits per heavy atom. The smallest absolute Gasteiger partial charge is 0.0984 e. The molecule has 0 radical (unpaired) electrons. The van der Waals surface area contributed by atoms with Gasteiger partial charge in [0.2, 0.25) is 0 Å². The Morgan fingerprint density at radius 3 is 3.08 bits per heavy atom. The molecule has 1 heterocycles. The van der Waals surface area contributed by atoms with Gasteiger partial charge in [-0.1, -0.05) is 0 Å². The average molecular weight is 175 g/mol. The summed E-state index contributed by atoms with van der Waals surface area (Å²) in [5.74, 6) is 0. The van der Waals surface area contributed by atoms with E-state index in [4.69, 9.17) is 9.47 Å². The first-order chi connectivity index (χ1) is 5.74. The lowest BCUT2D eigenvalue weighted by atomic mass is 10.2. The molecule has 4 nitrogen and oxygen atoms in total. The van der Waals surface area contributed by atoms with Gasteiger partial charge in [-0.2, -0.15) is 5.06 Å². The van der Waals surface area contributed by atoms with Crippen LogP contribution in [0, 0.1) is 0 Å². The van der Waals surface area contributed by atoms with Crippen molar-refractivity contribution in [1.82, 2.24) is 5.06 Å². The Hall–Kier alpha value is -0.160. The van der Waals surface area contributed by atoms with Gasteiger partial charge in [-0.15, -0.1) is 0 Å². The van der Waals surface area contributed by atoms with Gasteiger partial charge in [0.15, 0.2) is 0 Å². The van der Waals surface area contributed by atoms with Gasteiger partial charge in [-0.3, -0.25) is 0 Å². The van der Waals surface area contributed by atoms with Crippen LogP contribution in [0.25, 0.3) is 0 Å². The highest BCUT2D eigenvalue weighted by Gasteiger charge is 2.24. The van der Waals surface area contributed by atoms with Gasteiger partial charge in [0.1, 0.15) is 0 Å². The van der Waals surface area contributed by atoms with Gasteiger partial charge in [0.05, 0.1) is 25.4 Å². The molecule has 1 rings (SSSR count). The maximum atomic E-state index is 9.19. The van der Waals surface area contributed by atoms with E-state index in [-0.39, 0.29) is 12.2 Å². The number of hydroxylamine groups is 2. The topological polar surface area (TPSA) is 41.9 Å². The van der Waals surface area contributed by atoms with Crippen LogP contribution in [0.4, 0.5) is 0 Å². The standard InChI is InChI=1S/C8H17NO3/c1-3-11-7(2)8-6-9(10)4-5-12-8/h7-8,10H,3-6H2,1-2H3. The number of nitrogens with zero attached hydrogens (tertiary/aromatic N) is 1. The molecular formula is C8H17NO3. The zero-order valence-electron chi connectivity index (χ0n) is 7.69. The quantitative estimate of drug-likeness (QED) is 0.678. The van der Waals surface area contributed by atoms with Crippen molar-refractivity contribution in [3.05, 3.63) is 0 Å². The van der Waals surface area contributed by atoms with E-state index < -0.39 is 0 Å². The van der Waals surface area contributed by atoms with E-state index in [1.165, 1.54) is 5.06 Å². The summed E-state index contributed by atoms with van der Waals surface area (Å²) in [6.07, 6.45) is 0.0636. The Morgan fingerprint density at radius 2 is 2.50 bits per heavy atom. The Bertz CT molecular complexity index is 131. The van der Waals surface area contributed by atoms with Crippen LogP contribution in [0.15, 0.2) is 0 Å². The van der Waals surface area contributed by atoms with E-state index in [1.54, 1.807) is 0 Å². The third-order valence-corrected chi connectivity index (χ3v) is 2.03. The fourth-order valence-electron chi connectivity index (χ4n) is 1.32. The molecule has 0 amide bonds. The molecule has 1 fully saturated rings. The molecule has 1 saturated heterocycles. The molecule has 0 bridgehead atoms. The van der Waals surface area contributed by atoms with Crippen molar-refractivity contribution in [2.75, 3.05) is 26.3 Å². The highest BCUT2D eigenvalue weighted by atomic mass is 16.6. The molecule has 1 aliphatic rings. The van der Waals surface area contributed by atoms with Gasteiger partial charge in [-0.05, 0) is 13.8 Å². The van der Waals surface area contributed by atoms with Crippen molar-refractivity contribution in [2.24, 2.45) is 0 Å². The lowest BCUT2D eigenvalue weighted by molar-refractivity contribution is -0.192. The van der Waals surface area contributed by atoms with Crippen LogP contribution in [0.2, 0.25) is 0 Å². The van der Waals surface area contributed by atoms with Crippen molar-refractivity contribution >= 4 is 0 Å². The number of morpholine rings is 1. The van der Waals surface area contributed by atoms with E-state index in [9.17, 15) is 5.21 Å². The minimum absolute atomic E-state index is 0.00343. The summed E-state index contributed by atoms with van der Waals surface area (Å²) < 4.78 is 10.8. The maximum absolute atomic E-state index is 9.19. The summed E-state index contributed by atoms with van der Waals surface area (Å²) in [7, 11) is 0. The summed E-state index contributed by atoms with van der Waals surface area (Å²) in [6, 6.07) is 0. The SMILES string of the molecule is CCOC(C)C1CN(O)CCO1. The molecular weight excluding hydrogens is 158 g/mol. The van der Waals surface area contributed by atoms with Gasteiger partial charge in [0.25, 0.3) is 0 Å². The fraction of sp³-hybridized carbons (Fsp3) is 1.00. The Labute approximate surface area is 73.0 Å². The van der Waals surface area contributed by atoms with Gasteiger partial charge < -0.3 is 14.7 Å². The largest absolute Gasteiger partial charge is 0.376 e. The predicted octanol–water partition coefficient (Wildman–Crippen LogP) is 0.501. The second-order valence-electron chi connectivity index (χ2n) is 2.98. The third kappa shape index (κ3) is 2.71. The van der Waals surface area contributed by atoms with Crippen LogP contribution in [0.3, 0.4) is 0 Å². The summed E-state index contributed by atoms with van der Waals surface area (Å²) >= 11 is 0. The van der Waals surface area contributed by atoms with Crippen LogP contribution < -0.4 is 0 Å². The van der Waals surface area contributed by atoms with Crippen molar-refractivity contribution in [2.45, 2.75) is 26.1 Å². The molecule has 0 spiro atoms. The molecule has 2 unspecified atom stereocenters. The zero-order valence-corrected chi connectivity index (χ0v) is 7.69. The number of hydrogen-bond donors (Lipinski definition) is 1. The van der Waals surface area contributed by atoms with Gasteiger partial charge in [0, 0.05) is 13.2 Å². The van der Waals surface area contributed by atoms with E-state index in [2.05, 4.69) is 0 Å². The fourth-order valence-corrected chi connectivity index (χ4v) is 1.32. The van der Waals surface area contributed by atoms with Crippen molar-refractivity contribution in [1.29, 1.82) is 0 Å². The van der Waals surface area contributed by atoms with Crippen LogP contribution in [-0.4, -0.2) is 48.8 Å². The van der Waals surface area contributed by atoms with E-state index in [0.29, 0.717) is 26.3 Å². The van der Waals surface area contributed by atoms with E-state index >= 15 is 0 Å². The maximum Gasteiger partial charge on any atom is 0.0984 e. The molecule has 1 aliphatic heterocycles. The lowest BCUT2D eigenvalue weighted by Gasteiger charge is -2.32. The van der Waals surface area contributed by atoms with Crippen LogP contribution >= 0.6 is 0 Å². The molecule has 0 aromatic heterocycles. The molecule has 0 aromatic rings. The number of hydrogen-bond acceptors (Lipinski definition) is 4. The summed E-state index contributed by atoms with van der Waals surface area (Å²) in [5.41, 5.74) is 0. The predicted molar refractivity (Wildman–Crippen MR) is 44.2 cm³/mol. The first-order valence-corrected chi connectivity index (χ1v) is 4.41. The number of rotatable bonds is 3. The highest BCUT2D eigenvalue weighted by Crippen LogP contribution is 2.09. The minimum atomic E-state index is 0.00343. The average Bonchev–Trinajstić information content (AvgIpc) is 2.05. The van der Waals surface area contributed by atoms with Crippen LogP contribution in [0.5, 0.6) is 0 Å². The van der Waals surface area contributed by atoms with Crippen molar-refractivity contribution in [3.8, 4) is 0 Å². The van der Waals surface area contributed by atoms with Gasteiger partial charge in [-0.25, -0.2) is 0 Å². The Kier molecular flexibility index (Phi) is 3.94. The summed E-state index contributed by atoms with van der Waals surface area (Å²) in [5, 5.41) is 10.5. The molecule has 0 aliphatic carbocycles. The molecule has 12 heavy (non-hydrogen) atoms. The normalized spacial score (nSPS) is 28.8. The summed E-state index contributed by atoms with van der Waals surface area (Å²) in [6.45, 7) is 6.32. The molecule has 1 N–H and O–H groups in total. The van der Waals surface area contributed by atoms with Gasteiger partial charge >= 0.3 is 0 Å². The minimum Gasteiger partial charge on any atom is -0.376 e. The molecule has 0 saturated carbocycles. The second kappa shape index (κ2) is 4.77. The Balaban J connectivity index is 2.29. The second-order valence-corrected chi connectivity index (χ2v) is 2.98. The molecule has 72 valence electrons. The molecule has 2 atom stereocenters. The van der Waals surface area contributed by atoms with Crippen molar-refractivity contribution < 1.29 is 14.7 Å². The van der Waals surface area contributed by atoms with Crippen LogP contribution in [0.1, 0.15) is 13.8 Å². The van der Waals surface area contributed by atoms with E-state index in [1.807, 2.05) is 13.8 Å². The number of ether oxygens (including phenoxy) is 2. The van der Waals surface area contributed by atoms with Crippen molar-refractivity contribution in [3.63, 3.8) is 0 Å². The highest BCUT2D eigenvalue weighted by molar-refractivity contribution is 4.72. The first-order valence-electron chi connectivity index (χ1n) is 4.41. The molecule has 4 heteroatoms. The summed E-state index contributed by atoms with van der Waals surface area (Å²) in [4.78, 5) is 0.